The number of hydrogen-bond acceptors (Lipinski definition) is 4. The normalized spacial score (nSPS) is 10.8. The van der Waals surface area contributed by atoms with Crippen LogP contribution in [0.15, 0.2) is 75.9 Å². The first-order valence-electron chi connectivity index (χ1n) is 7.49. The van der Waals surface area contributed by atoms with Crippen molar-refractivity contribution in [1.29, 1.82) is 0 Å². The van der Waals surface area contributed by atoms with E-state index in [-0.39, 0.29) is 0 Å². The second kappa shape index (κ2) is 6.85. The highest BCUT2D eigenvalue weighted by atomic mass is 79.9. The molecule has 25 heavy (non-hydrogen) atoms. The molecule has 0 saturated carbocycles. The number of nitrogens with zero attached hydrogens (tertiary/aromatic N) is 5. The van der Waals surface area contributed by atoms with Crippen LogP contribution < -0.4 is 0 Å². The topological polar surface area (TPSA) is 56.5 Å². The summed E-state index contributed by atoms with van der Waals surface area (Å²) in [6.07, 6.45) is 0. The van der Waals surface area contributed by atoms with Gasteiger partial charge >= 0.3 is 0 Å². The van der Waals surface area contributed by atoms with Crippen molar-refractivity contribution in [2.75, 3.05) is 0 Å². The first-order chi connectivity index (χ1) is 12.2. The number of pyridine rings is 2. The van der Waals surface area contributed by atoms with Gasteiger partial charge in [0.2, 0.25) is 0 Å². The Bertz CT molecular complexity index is 968. The molecule has 7 heteroatoms. The summed E-state index contributed by atoms with van der Waals surface area (Å²) < 4.78 is 3.45. The number of halogens is 2. The summed E-state index contributed by atoms with van der Waals surface area (Å²) in [4.78, 5) is 9.04. The Morgan fingerprint density at radius 3 is 1.60 bits per heavy atom. The van der Waals surface area contributed by atoms with Crippen LogP contribution in [0, 0.1) is 0 Å². The van der Waals surface area contributed by atoms with Crippen molar-refractivity contribution in [1.82, 2.24) is 24.7 Å². The van der Waals surface area contributed by atoms with Gasteiger partial charge in [-0.3, -0.25) is 4.57 Å². The van der Waals surface area contributed by atoms with Crippen LogP contribution >= 0.6 is 31.9 Å². The lowest BCUT2D eigenvalue weighted by Gasteiger charge is -2.10. The van der Waals surface area contributed by atoms with Gasteiger partial charge in [-0.1, -0.05) is 30.3 Å². The number of aromatic nitrogens is 5. The van der Waals surface area contributed by atoms with Gasteiger partial charge in [0, 0.05) is 5.69 Å². The molecule has 0 fully saturated rings. The minimum Gasteiger partial charge on any atom is -0.272 e. The monoisotopic (exact) mass is 455 g/mol. The molecule has 3 heterocycles. The molecule has 0 aliphatic carbocycles. The molecule has 0 radical (unpaired) electrons. The molecule has 0 amide bonds. The first kappa shape index (κ1) is 16.1. The minimum atomic E-state index is 0.657. The molecule has 0 bridgehead atoms. The molecule has 122 valence electrons. The molecule has 0 N–H and O–H groups in total. The van der Waals surface area contributed by atoms with Crippen LogP contribution in [0.1, 0.15) is 0 Å². The fraction of sp³-hybridized carbons (Fsp3) is 0. The van der Waals surface area contributed by atoms with E-state index in [0.29, 0.717) is 11.6 Å². The summed E-state index contributed by atoms with van der Waals surface area (Å²) in [5.41, 5.74) is 2.40. The van der Waals surface area contributed by atoms with Gasteiger partial charge in [-0.05, 0) is 68.3 Å². The van der Waals surface area contributed by atoms with Crippen molar-refractivity contribution in [3.8, 4) is 28.7 Å². The van der Waals surface area contributed by atoms with Gasteiger partial charge in [-0.15, -0.1) is 10.2 Å². The average Bonchev–Trinajstić information content (AvgIpc) is 3.07. The number of hydrogen-bond donors (Lipinski definition) is 0. The summed E-state index contributed by atoms with van der Waals surface area (Å²) in [5.74, 6) is 1.31. The molecule has 0 aliphatic rings. The largest absolute Gasteiger partial charge is 0.272 e. The van der Waals surface area contributed by atoms with Gasteiger partial charge < -0.3 is 0 Å². The Morgan fingerprint density at radius 2 is 1.12 bits per heavy atom. The summed E-state index contributed by atoms with van der Waals surface area (Å²) in [6, 6.07) is 21.4. The number of rotatable bonds is 3. The van der Waals surface area contributed by atoms with E-state index >= 15 is 0 Å². The predicted octanol–water partition coefficient (Wildman–Crippen LogP) is 4.92. The molecular weight excluding hydrogens is 446 g/mol. The first-order valence-corrected chi connectivity index (χ1v) is 9.08. The van der Waals surface area contributed by atoms with Crippen molar-refractivity contribution in [2.24, 2.45) is 0 Å². The molecule has 0 spiro atoms. The van der Waals surface area contributed by atoms with Crippen LogP contribution in [0.25, 0.3) is 28.7 Å². The van der Waals surface area contributed by atoms with Crippen LogP contribution in [-0.2, 0) is 0 Å². The van der Waals surface area contributed by atoms with Gasteiger partial charge in [0.25, 0.3) is 0 Å². The molecular formula is C18H11Br2N5. The second-order valence-electron chi connectivity index (χ2n) is 5.21. The van der Waals surface area contributed by atoms with Gasteiger partial charge in [-0.25, -0.2) is 9.97 Å². The minimum absolute atomic E-state index is 0.657. The molecule has 4 aromatic rings. The standard InChI is InChI=1S/C18H11Br2N5/c19-15-10-4-8-13(21-15)17-23-24-18(14-9-5-11-16(20)22-14)25(17)12-6-2-1-3-7-12/h1-11H. The maximum absolute atomic E-state index is 4.52. The van der Waals surface area contributed by atoms with E-state index in [2.05, 4.69) is 52.0 Å². The van der Waals surface area contributed by atoms with E-state index in [1.54, 1.807) is 0 Å². The van der Waals surface area contributed by atoms with E-state index < -0.39 is 0 Å². The third kappa shape index (κ3) is 3.25. The fourth-order valence-electron chi connectivity index (χ4n) is 2.50. The zero-order valence-electron chi connectivity index (χ0n) is 12.8. The molecule has 0 aliphatic heterocycles. The molecule has 0 atom stereocenters. The third-order valence-corrected chi connectivity index (χ3v) is 4.45. The van der Waals surface area contributed by atoms with E-state index in [4.69, 9.17) is 0 Å². The quantitative estimate of drug-likeness (QED) is 0.410. The van der Waals surface area contributed by atoms with Crippen molar-refractivity contribution >= 4 is 31.9 Å². The van der Waals surface area contributed by atoms with Crippen LogP contribution in [0.4, 0.5) is 0 Å². The van der Waals surface area contributed by atoms with Crippen molar-refractivity contribution < 1.29 is 0 Å². The predicted molar refractivity (Wildman–Crippen MR) is 103 cm³/mol. The molecule has 3 aromatic heterocycles. The highest BCUT2D eigenvalue weighted by Crippen LogP contribution is 2.27. The maximum Gasteiger partial charge on any atom is 0.187 e. The van der Waals surface area contributed by atoms with Gasteiger partial charge in [0.1, 0.15) is 20.6 Å². The van der Waals surface area contributed by atoms with Gasteiger partial charge in [0.15, 0.2) is 11.6 Å². The van der Waals surface area contributed by atoms with Crippen molar-refractivity contribution in [3.05, 3.63) is 75.9 Å². The number of para-hydroxylation sites is 1. The van der Waals surface area contributed by atoms with E-state index in [9.17, 15) is 0 Å². The Kier molecular flexibility index (Phi) is 4.42. The van der Waals surface area contributed by atoms with Gasteiger partial charge in [0.05, 0.1) is 0 Å². The Labute approximate surface area is 161 Å². The van der Waals surface area contributed by atoms with E-state index in [1.165, 1.54) is 0 Å². The summed E-state index contributed by atoms with van der Waals surface area (Å²) in [5, 5.41) is 8.77. The molecule has 0 unspecified atom stereocenters. The Balaban J connectivity index is 1.97. The second-order valence-corrected chi connectivity index (χ2v) is 6.83. The molecule has 4 rings (SSSR count). The highest BCUT2D eigenvalue weighted by Gasteiger charge is 2.19. The van der Waals surface area contributed by atoms with E-state index in [0.717, 1.165) is 26.3 Å². The fourth-order valence-corrected chi connectivity index (χ4v) is 3.19. The van der Waals surface area contributed by atoms with Crippen molar-refractivity contribution in [3.63, 3.8) is 0 Å². The molecule has 0 saturated heterocycles. The summed E-state index contributed by atoms with van der Waals surface area (Å²) >= 11 is 6.83. The summed E-state index contributed by atoms with van der Waals surface area (Å²) in [7, 11) is 0. The van der Waals surface area contributed by atoms with Crippen LogP contribution in [0.3, 0.4) is 0 Å². The number of benzene rings is 1. The highest BCUT2D eigenvalue weighted by molar-refractivity contribution is 9.10. The Morgan fingerprint density at radius 1 is 0.600 bits per heavy atom. The van der Waals surface area contributed by atoms with Crippen LogP contribution in [0.2, 0.25) is 0 Å². The average molecular weight is 457 g/mol. The zero-order valence-corrected chi connectivity index (χ0v) is 16.0. The molecule has 1 aromatic carbocycles. The SMILES string of the molecule is Brc1cccc(-c2nnc(-c3cccc(Br)n3)n2-c2ccccc2)n1. The smallest absolute Gasteiger partial charge is 0.187 e. The van der Waals surface area contributed by atoms with Crippen molar-refractivity contribution in [2.45, 2.75) is 0 Å². The van der Waals surface area contributed by atoms with E-state index in [1.807, 2.05) is 71.3 Å². The van der Waals surface area contributed by atoms with Crippen LogP contribution in [-0.4, -0.2) is 24.7 Å². The Hall–Kier alpha value is -2.38. The van der Waals surface area contributed by atoms with Crippen LogP contribution in [0.5, 0.6) is 0 Å². The summed E-state index contributed by atoms with van der Waals surface area (Å²) in [6.45, 7) is 0. The lowest BCUT2D eigenvalue weighted by molar-refractivity contribution is 1.04. The van der Waals surface area contributed by atoms with Gasteiger partial charge in [-0.2, -0.15) is 0 Å². The third-order valence-electron chi connectivity index (χ3n) is 3.57. The maximum atomic E-state index is 4.52. The zero-order chi connectivity index (χ0) is 17.2. The lowest BCUT2D eigenvalue weighted by atomic mass is 10.2. The lowest BCUT2D eigenvalue weighted by Crippen LogP contribution is -2.02. The molecule has 5 nitrogen and oxygen atoms in total.